The van der Waals surface area contributed by atoms with Crippen molar-refractivity contribution >= 4 is 0 Å². The van der Waals surface area contributed by atoms with Crippen LogP contribution in [0.3, 0.4) is 0 Å². The van der Waals surface area contributed by atoms with E-state index in [1.807, 2.05) is 11.9 Å². The molecule has 1 aromatic rings. The van der Waals surface area contributed by atoms with Crippen LogP contribution >= 0.6 is 0 Å². The molecule has 0 amide bonds. The Morgan fingerprint density at radius 2 is 2.36 bits per heavy atom. The van der Waals surface area contributed by atoms with Gasteiger partial charge in [-0.2, -0.15) is 5.26 Å². The largest absolute Gasteiger partial charge is 0.301 e. The number of nitrogens with zero attached hydrogens (tertiary/aromatic N) is 3. The Kier molecular flexibility index (Phi) is 4.02. The molecule has 0 bridgehead atoms. The molecule has 1 aromatic heterocycles. The third-order valence-electron chi connectivity index (χ3n) is 1.82. The second kappa shape index (κ2) is 5.30. The van der Waals surface area contributed by atoms with E-state index in [9.17, 15) is 4.39 Å². The van der Waals surface area contributed by atoms with Gasteiger partial charge in [0.1, 0.15) is 5.82 Å². The van der Waals surface area contributed by atoms with E-state index in [-0.39, 0.29) is 5.82 Å². The molecule has 0 fully saturated rings. The van der Waals surface area contributed by atoms with Crippen molar-refractivity contribution in [2.75, 3.05) is 13.6 Å². The lowest BCUT2D eigenvalue weighted by molar-refractivity contribution is 0.334. The van der Waals surface area contributed by atoms with E-state index in [0.717, 1.165) is 5.56 Å². The molecular formula is C10H12FN3. The van der Waals surface area contributed by atoms with Gasteiger partial charge in [0.05, 0.1) is 12.3 Å². The van der Waals surface area contributed by atoms with Crippen LogP contribution in [0.4, 0.5) is 4.39 Å². The highest BCUT2D eigenvalue weighted by atomic mass is 19.1. The summed E-state index contributed by atoms with van der Waals surface area (Å²) in [7, 11) is 1.89. The van der Waals surface area contributed by atoms with Crippen LogP contribution in [0.2, 0.25) is 0 Å². The number of nitriles is 1. The SMILES string of the molecule is CN(CCC#N)Cc1cncc(F)c1. The van der Waals surface area contributed by atoms with Crippen LogP contribution in [0.25, 0.3) is 0 Å². The lowest BCUT2D eigenvalue weighted by atomic mass is 10.2. The maximum atomic E-state index is 12.7. The molecule has 0 aliphatic rings. The first-order chi connectivity index (χ1) is 6.72. The highest BCUT2D eigenvalue weighted by molar-refractivity contribution is 5.09. The summed E-state index contributed by atoms with van der Waals surface area (Å²) in [6.07, 6.45) is 3.30. The van der Waals surface area contributed by atoms with Gasteiger partial charge in [0.2, 0.25) is 0 Å². The molecule has 14 heavy (non-hydrogen) atoms. The van der Waals surface area contributed by atoms with E-state index in [1.165, 1.54) is 12.3 Å². The first kappa shape index (κ1) is 10.6. The summed E-state index contributed by atoms with van der Waals surface area (Å²) in [6, 6.07) is 3.52. The van der Waals surface area contributed by atoms with Crippen LogP contribution in [-0.2, 0) is 6.54 Å². The van der Waals surface area contributed by atoms with Crippen LogP contribution in [0.15, 0.2) is 18.5 Å². The van der Waals surface area contributed by atoms with Crippen molar-refractivity contribution in [2.24, 2.45) is 0 Å². The summed E-state index contributed by atoms with van der Waals surface area (Å²) < 4.78 is 12.7. The van der Waals surface area contributed by atoms with Crippen molar-refractivity contribution in [3.8, 4) is 6.07 Å². The maximum Gasteiger partial charge on any atom is 0.141 e. The van der Waals surface area contributed by atoms with E-state index in [0.29, 0.717) is 19.5 Å². The predicted octanol–water partition coefficient (Wildman–Crippen LogP) is 1.57. The molecular weight excluding hydrogens is 181 g/mol. The van der Waals surface area contributed by atoms with E-state index >= 15 is 0 Å². The van der Waals surface area contributed by atoms with E-state index in [2.05, 4.69) is 11.1 Å². The molecule has 0 atom stereocenters. The number of pyridine rings is 1. The monoisotopic (exact) mass is 193 g/mol. The first-order valence-corrected chi connectivity index (χ1v) is 4.37. The van der Waals surface area contributed by atoms with Gasteiger partial charge < -0.3 is 4.90 Å². The van der Waals surface area contributed by atoms with Crippen LogP contribution in [-0.4, -0.2) is 23.5 Å². The molecule has 0 spiro atoms. The minimum atomic E-state index is -0.323. The van der Waals surface area contributed by atoms with Gasteiger partial charge in [-0.25, -0.2) is 4.39 Å². The quantitative estimate of drug-likeness (QED) is 0.728. The fourth-order valence-corrected chi connectivity index (χ4v) is 1.17. The Morgan fingerprint density at radius 3 is 3.00 bits per heavy atom. The maximum absolute atomic E-state index is 12.7. The molecule has 3 nitrogen and oxygen atoms in total. The summed E-state index contributed by atoms with van der Waals surface area (Å²) in [6.45, 7) is 1.31. The van der Waals surface area contributed by atoms with Crippen LogP contribution < -0.4 is 0 Å². The molecule has 0 aliphatic carbocycles. The Labute approximate surface area is 82.8 Å². The van der Waals surface area contributed by atoms with Crippen molar-refractivity contribution in [1.82, 2.24) is 9.88 Å². The molecule has 0 unspecified atom stereocenters. The third kappa shape index (κ3) is 3.50. The lowest BCUT2D eigenvalue weighted by Crippen LogP contribution is -2.18. The molecule has 0 aliphatic heterocycles. The Hall–Kier alpha value is -1.47. The normalized spacial score (nSPS) is 10.1. The van der Waals surface area contributed by atoms with Gasteiger partial charge in [-0.3, -0.25) is 4.98 Å². The summed E-state index contributed by atoms with van der Waals surface area (Å²) in [4.78, 5) is 5.71. The smallest absolute Gasteiger partial charge is 0.141 e. The van der Waals surface area contributed by atoms with Gasteiger partial charge in [0.15, 0.2) is 0 Å². The Balaban J connectivity index is 2.48. The summed E-state index contributed by atoms with van der Waals surface area (Å²) in [5.74, 6) is -0.323. The Morgan fingerprint density at radius 1 is 1.57 bits per heavy atom. The number of halogens is 1. The minimum Gasteiger partial charge on any atom is -0.301 e. The van der Waals surface area contributed by atoms with E-state index in [4.69, 9.17) is 5.26 Å². The molecule has 0 saturated carbocycles. The van der Waals surface area contributed by atoms with Gasteiger partial charge >= 0.3 is 0 Å². The van der Waals surface area contributed by atoms with Crippen molar-refractivity contribution in [3.05, 3.63) is 29.8 Å². The standard InChI is InChI=1S/C10H12FN3/c1-14(4-2-3-12)8-9-5-10(11)7-13-6-9/h5-7H,2,4,8H2,1H3. The summed E-state index contributed by atoms with van der Waals surface area (Å²) in [5, 5.41) is 8.38. The zero-order valence-electron chi connectivity index (χ0n) is 8.07. The lowest BCUT2D eigenvalue weighted by Gasteiger charge is -2.14. The summed E-state index contributed by atoms with van der Waals surface area (Å²) >= 11 is 0. The second-order valence-electron chi connectivity index (χ2n) is 3.16. The fraction of sp³-hybridized carbons (Fsp3) is 0.400. The van der Waals surface area contributed by atoms with Gasteiger partial charge in [-0.1, -0.05) is 0 Å². The zero-order chi connectivity index (χ0) is 10.4. The third-order valence-corrected chi connectivity index (χ3v) is 1.82. The van der Waals surface area contributed by atoms with Crippen molar-refractivity contribution < 1.29 is 4.39 Å². The van der Waals surface area contributed by atoms with Gasteiger partial charge in [0.25, 0.3) is 0 Å². The predicted molar refractivity (Wildman–Crippen MR) is 50.8 cm³/mol. The molecule has 0 aromatic carbocycles. The zero-order valence-corrected chi connectivity index (χ0v) is 8.07. The number of hydrogen-bond acceptors (Lipinski definition) is 3. The second-order valence-corrected chi connectivity index (χ2v) is 3.16. The van der Waals surface area contributed by atoms with E-state index in [1.54, 1.807) is 6.20 Å². The molecule has 0 N–H and O–H groups in total. The highest BCUT2D eigenvalue weighted by Gasteiger charge is 2.01. The van der Waals surface area contributed by atoms with Crippen molar-refractivity contribution in [1.29, 1.82) is 5.26 Å². The van der Waals surface area contributed by atoms with E-state index < -0.39 is 0 Å². The number of rotatable bonds is 4. The fourth-order valence-electron chi connectivity index (χ4n) is 1.17. The highest BCUT2D eigenvalue weighted by Crippen LogP contribution is 2.04. The minimum absolute atomic E-state index is 0.323. The van der Waals surface area contributed by atoms with Gasteiger partial charge in [-0.05, 0) is 18.7 Å². The van der Waals surface area contributed by atoms with Crippen LogP contribution in [0, 0.1) is 17.1 Å². The van der Waals surface area contributed by atoms with Crippen molar-refractivity contribution in [2.45, 2.75) is 13.0 Å². The van der Waals surface area contributed by atoms with Crippen molar-refractivity contribution in [3.63, 3.8) is 0 Å². The Bertz CT molecular complexity index is 332. The van der Waals surface area contributed by atoms with Crippen LogP contribution in [0.1, 0.15) is 12.0 Å². The molecule has 1 heterocycles. The molecule has 0 radical (unpaired) electrons. The van der Waals surface area contributed by atoms with Gasteiger partial charge in [0, 0.05) is 25.7 Å². The van der Waals surface area contributed by atoms with Gasteiger partial charge in [-0.15, -0.1) is 0 Å². The average molecular weight is 193 g/mol. The molecule has 1 rings (SSSR count). The van der Waals surface area contributed by atoms with Crippen LogP contribution in [0.5, 0.6) is 0 Å². The first-order valence-electron chi connectivity index (χ1n) is 4.37. The molecule has 0 saturated heterocycles. The summed E-state index contributed by atoms with van der Waals surface area (Å²) in [5.41, 5.74) is 0.824. The molecule has 74 valence electrons. The molecule has 4 heteroatoms. The number of aromatic nitrogens is 1. The topological polar surface area (TPSA) is 39.9 Å². The number of hydrogen-bond donors (Lipinski definition) is 0. The average Bonchev–Trinajstić information content (AvgIpc) is 2.15.